The molecule has 138 valence electrons. The highest BCUT2D eigenvalue weighted by molar-refractivity contribution is 5.94. The molecule has 4 nitrogen and oxygen atoms in total. The van der Waals surface area contributed by atoms with Gasteiger partial charge in [-0.15, -0.1) is 0 Å². The molecule has 4 heteroatoms. The van der Waals surface area contributed by atoms with Crippen molar-refractivity contribution < 1.29 is 9.21 Å². The highest BCUT2D eigenvalue weighted by Gasteiger charge is 2.22. The van der Waals surface area contributed by atoms with Gasteiger partial charge in [0.1, 0.15) is 0 Å². The summed E-state index contributed by atoms with van der Waals surface area (Å²) in [6.45, 7) is 2.91. The summed E-state index contributed by atoms with van der Waals surface area (Å²) >= 11 is 0. The SMILES string of the molecule is Cc1ccc2c(c1)CCCN2C(=O)CCCc1ncc(-c2ccccc2)o1. The molecule has 2 heterocycles. The molecular weight excluding hydrogens is 336 g/mol. The second-order valence-electron chi connectivity index (χ2n) is 7.12. The number of fused-ring (bicyclic) bond motifs is 1. The van der Waals surface area contributed by atoms with E-state index in [4.69, 9.17) is 4.42 Å². The summed E-state index contributed by atoms with van der Waals surface area (Å²) in [5.41, 5.74) is 4.64. The average molecular weight is 360 g/mol. The van der Waals surface area contributed by atoms with Crippen molar-refractivity contribution in [2.75, 3.05) is 11.4 Å². The van der Waals surface area contributed by atoms with Crippen molar-refractivity contribution in [3.8, 4) is 11.3 Å². The molecule has 27 heavy (non-hydrogen) atoms. The summed E-state index contributed by atoms with van der Waals surface area (Å²) in [5, 5.41) is 0. The summed E-state index contributed by atoms with van der Waals surface area (Å²) < 4.78 is 5.83. The van der Waals surface area contributed by atoms with Crippen LogP contribution >= 0.6 is 0 Å². The summed E-state index contributed by atoms with van der Waals surface area (Å²) in [7, 11) is 0. The third-order valence-corrected chi connectivity index (χ3v) is 5.05. The van der Waals surface area contributed by atoms with E-state index in [0.29, 0.717) is 18.7 Å². The predicted octanol–water partition coefficient (Wildman–Crippen LogP) is 4.95. The lowest BCUT2D eigenvalue weighted by Gasteiger charge is -2.30. The van der Waals surface area contributed by atoms with Crippen LogP contribution in [0.5, 0.6) is 0 Å². The van der Waals surface area contributed by atoms with E-state index in [0.717, 1.165) is 42.8 Å². The number of oxazole rings is 1. The fourth-order valence-corrected chi connectivity index (χ4v) is 3.67. The van der Waals surface area contributed by atoms with Crippen LogP contribution in [0.15, 0.2) is 59.1 Å². The second-order valence-corrected chi connectivity index (χ2v) is 7.12. The molecule has 3 aromatic rings. The maximum Gasteiger partial charge on any atom is 0.226 e. The molecule has 0 atom stereocenters. The molecule has 1 aliphatic rings. The first-order chi connectivity index (χ1) is 13.2. The molecule has 1 amide bonds. The molecule has 1 aliphatic heterocycles. The Morgan fingerprint density at radius 1 is 1.19 bits per heavy atom. The van der Waals surface area contributed by atoms with E-state index in [9.17, 15) is 4.79 Å². The number of aryl methyl sites for hydroxylation is 3. The Kier molecular flexibility index (Phi) is 5.05. The van der Waals surface area contributed by atoms with Crippen molar-refractivity contribution in [3.05, 3.63) is 71.7 Å². The van der Waals surface area contributed by atoms with Crippen molar-refractivity contribution in [3.63, 3.8) is 0 Å². The van der Waals surface area contributed by atoms with Gasteiger partial charge in [0.15, 0.2) is 11.7 Å². The van der Waals surface area contributed by atoms with Crippen LogP contribution < -0.4 is 4.90 Å². The van der Waals surface area contributed by atoms with Crippen LogP contribution in [-0.2, 0) is 17.6 Å². The Balaban J connectivity index is 1.35. The third kappa shape index (κ3) is 3.95. The number of nitrogens with zero attached hydrogens (tertiary/aromatic N) is 2. The van der Waals surface area contributed by atoms with E-state index in [1.54, 1.807) is 6.20 Å². The minimum Gasteiger partial charge on any atom is -0.441 e. The zero-order chi connectivity index (χ0) is 18.6. The molecule has 1 aromatic heterocycles. The van der Waals surface area contributed by atoms with Gasteiger partial charge in [0.05, 0.1) is 6.20 Å². The van der Waals surface area contributed by atoms with Crippen molar-refractivity contribution in [2.24, 2.45) is 0 Å². The lowest BCUT2D eigenvalue weighted by molar-refractivity contribution is -0.118. The lowest BCUT2D eigenvalue weighted by Crippen LogP contribution is -2.35. The molecule has 0 N–H and O–H groups in total. The van der Waals surface area contributed by atoms with Crippen molar-refractivity contribution >= 4 is 11.6 Å². The van der Waals surface area contributed by atoms with E-state index in [1.807, 2.05) is 35.2 Å². The van der Waals surface area contributed by atoms with Gasteiger partial charge in [-0.05, 0) is 37.8 Å². The predicted molar refractivity (Wildman–Crippen MR) is 107 cm³/mol. The van der Waals surface area contributed by atoms with E-state index >= 15 is 0 Å². The Bertz CT molecular complexity index is 931. The lowest BCUT2D eigenvalue weighted by atomic mass is 9.99. The van der Waals surface area contributed by atoms with Gasteiger partial charge >= 0.3 is 0 Å². The summed E-state index contributed by atoms with van der Waals surface area (Å²) in [4.78, 5) is 19.0. The molecule has 4 rings (SSSR count). The molecule has 0 fully saturated rings. The maximum atomic E-state index is 12.7. The summed E-state index contributed by atoms with van der Waals surface area (Å²) in [6.07, 6.45) is 5.77. The number of benzene rings is 2. The molecule has 2 aromatic carbocycles. The van der Waals surface area contributed by atoms with Gasteiger partial charge in [-0.3, -0.25) is 4.79 Å². The zero-order valence-corrected chi connectivity index (χ0v) is 15.6. The summed E-state index contributed by atoms with van der Waals surface area (Å²) in [6, 6.07) is 16.3. The van der Waals surface area contributed by atoms with Crippen LogP contribution in [0.25, 0.3) is 11.3 Å². The van der Waals surface area contributed by atoms with E-state index in [-0.39, 0.29) is 5.91 Å². The monoisotopic (exact) mass is 360 g/mol. The molecular formula is C23H24N2O2. The van der Waals surface area contributed by atoms with Gasteiger partial charge in [0.25, 0.3) is 0 Å². The molecule has 0 saturated heterocycles. The standard InChI is InChI=1S/C23H24N2O2/c1-17-12-13-20-19(15-17)9-6-14-25(20)23(26)11-5-10-22-24-16-21(27-22)18-7-3-2-4-8-18/h2-4,7-8,12-13,15-16H,5-6,9-11,14H2,1H3. The van der Waals surface area contributed by atoms with Gasteiger partial charge in [0, 0.05) is 30.6 Å². The summed E-state index contributed by atoms with van der Waals surface area (Å²) in [5.74, 6) is 1.66. The number of rotatable bonds is 5. The number of anilines is 1. The smallest absolute Gasteiger partial charge is 0.226 e. The van der Waals surface area contributed by atoms with Crippen LogP contribution in [0.1, 0.15) is 36.3 Å². The normalized spacial score (nSPS) is 13.4. The van der Waals surface area contributed by atoms with Crippen molar-refractivity contribution in [1.82, 2.24) is 4.98 Å². The Morgan fingerprint density at radius 2 is 2.04 bits per heavy atom. The molecule has 0 radical (unpaired) electrons. The average Bonchev–Trinajstić information content (AvgIpc) is 3.17. The van der Waals surface area contributed by atoms with Crippen LogP contribution in [0, 0.1) is 6.92 Å². The Hall–Kier alpha value is -2.88. The van der Waals surface area contributed by atoms with Gasteiger partial charge in [0.2, 0.25) is 5.91 Å². The van der Waals surface area contributed by atoms with Gasteiger partial charge in [-0.2, -0.15) is 0 Å². The zero-order valence-electron chi connectivity index (χ0n) is 15.6. The van der Waals surface area contributed by atoms with Crippen LogP contribution in [0.3, 0.4) is 0 Å². The number of carbonyl (C=O) groups excluding carboxylic acids is 1. The fourth-order valence-electron chi connectivity index (χ4n) is 3.67. The minimum atomic E-state index is 0.189. The number of aromatic nitrogens is 1. The second kappa shape index (κ2) is 7.78. The van der Waals surface area contributed by atoms with Gasteiger partial charge in [-0.1, -0.05) is 48.0 Å². The van der Waals surface area contributed by atoms with Crippen molar-refractivity contribution in [1.29, 1.82) is 0 Å². The van der Waals surface area contributed by atoms with Crippen LogP contribution in [0.4, 0.5) is 5.69 Å². The first kappa shape index (κ1) is 17.5. The van der Waals surface area contributed by atoms with Gasteiger partial charge < -0.3 is 9.32 Å². The van der Waals surface area contributed by atoms with E-state index in [2.05, 4.69) is 30.1 Å². The quantitative estimate of drug-likeness (QED) is 0.646. The minimum absolute atomic E-state index is 0.189. The maximum absolute atomic E-state index is 12.7. The topological polar surface area (TPSA) is 46.3 Å². The third-order valence-electron chi connectivity index (χ3n) is 5.05. The number of hydrogen-bond donors (Lipinski definition) is 0. The fraction of sp³-hybridized carbons (Fsp3) is 0.304. The highest BCUT2D eigenvalue weighted by Crippen LogP contribution is 2.29. The van der Waals surface area contributed by atoms with Crippen LogP contribution in [0.2, 0.25) is 0 Å². The largest absolute Gasteiger partial charge is 0.441 e. The Morgan fingerprint density at radius 3 is 2.89 bits per heavy atom. The number of hydrogen-bond acceptors (Lipinski definition) is 3. The first-order valence-electron chi connectivity index (χ1n) is 9.61. The molecule has 0 saturated carbocycles. The number of amides is 1. The van der Waals surface area contributed by atoms with E-state index < -0.39 is 0 Å². The molecule has 0 aliphatic carbocycles. The van der Waals surface area contributed by atoms with Crippen LogP contribution in [-0.4, -0.2) is 17.4 Å². The Labute approximate surface area is 159 Å². The van der Waals surface area contributed by atoms with E-state index in [1.165, 1.54) is 11.1 Å². The number of carbonyl (C=O) groups is 1. The molecule has 0 unspecified atom stereocenters. The highest BCUT2D eigenvalue weighted by atomic mass is 16.4. The van der Waals surface area contributed by atoms with Crippen molar-refractivity contribution in [2.45, 2.75) is 39.0 Å². The molecule has 0 spiro atoms. The van der Waals surface area contributed by atoms with Gasteiger partial charge in [-0.25, -0.2) is 4.98 Å². The first-order valence-corrected chi connectivity index (χ1v) is 9.61. The molecule has 0 bridgehead atoms.